The first-order valence-corrected chi connectivity index (χ1v) is 5.20. The number of halogens is 4. The number of alkyl halides is 2. The maximum Gasteiger partial charge on any atom is 0.262 e. The second kappa shape index (κ2) is 4.86. The van der Waals surface area contributed by atoms with Crippen molar-refractivity contribution in [2.45, 2.75) is 12.8 Å². The van der Waals surface area contributed by atoms with Crippen molar-refractivity contribution in [1.29, 1.82) is 0 Å². The van der Waals surface area contributed by atoms with Gasteiger partial charge in [0.25, 0.3) is 11.8 Å². The van der Waals surface area contributed by atoms with Crippen LogP contribution in [0.5, 0.6) is 0 Å². The van der Waals surface area contributed by atoms with Crippen molar-refractivity contribution in [2.24, 2.45) is 0 Å². The Labute approximate surface area is 99.0 Å². The molecule has 0 saturated carbocycles. The number of hydrogen-bond donors (Lipinski definition) is 1. The van der Waals surface area contributed by atoms with Crippen molar-refractivity contribution in [3.8, 4) is 0 Å². The molecule has 16 heavy (non-hydrogen) atoms. The first-order chi connectivity index (χ1) is 7.29. The fraction of sp³-hybridized carbons (Fsp3) is 0.300. The Kier molecular flexibility index (Phi) is 3.96. The van der Waals surface area contributed by atoms with Crippen LogP contribution in [0.3, 0.4) is 0 Å². The third-order valence-corrected chi connectivity index (χ3v) is 2.42. The molecule has 0 bridgehead atoms. The SMILES string of the molecule is CC(F)(F)CNC(=O)c1cc(F)ccc1Br. The molecule has 0 unspecified atom stereocenters. The van der Waals surface area contributed by atoms with Gasteiger partial charge >= 0.3 is 0 Å². The minimum absolute atomic E-state index is 0.00995. The average molecular weight is 296 g/mol. The van der Waals surface area contributed by atoms with E-state index in [1.54, 1.807) is 0 Å². The highest BCUT2D eigenvalue weighted by atomic mass is 79.9. The fourth-order valence-corrected chi connectivity index (χ4v) is 1.43. The van der Waals surface area contributed by atoms with Crippen LogP contribution in [0.15, 0.2) is 22.7 Å². The lowest BCUT2D eigenvalue weighted by Crippen LogP contribution is -2.34. The van der Waals surface area contributed by atoms with Crippen molar-refractivity contribution in [3.05, 3.63) is 34.1 Å². The molecule has 0 aliphatic rings. The topological polar surface area (TPSA) is 29.1 Å². The van der Waals surface area contributed by atoms with Crippen LogP contribution in [-0.4, -0.2) is 18.4 Å². The van der Waals surface area contributed by atoms with E-state index in [4.69, 9.17) is 0 Å². The van der Waals surface area contributed by atoms with Crippen LogP contribution >= 0.6 is 15.9 Å². The summed E-state index contributed by atoms with van der Waals surface area (Å²) in [6.45, 7) is -0.0946. The van der Waals surface area contributed by atoms with E-state index in [0.717, 1.165) is 12.1 Å². The molecule has 6 heteroatoms. The molecule has 0 saturated heterocycles. The number of benzene rings is 1. The van der Waals surface area contributed by atoms with Gasteiger partial charge in [-0.1, -0.05) is 0 Å². The summed E-state index contributed by atoms with van der Waals surface area (Å²) in [7, 11) is 0. The van der Waals surface area contributed by atoms with E-state index in [9.17, 15) is 18.0 Å². The Bertz CT molecular complexity index is 404. The van der Waals surface area contributed by atoms with Crippen molar-refractivity contribution in [3.63, 3.8) is 0 Å². The van der Waals surface area contributed by atoms with Gasteiger partial charge in [0.05, 0.1) is 12.1 Å². The van der Waals surface area contributed by atoms with Gasteiger partial charge in [0.15, 0.2) is 0 Å². The summed E-state index contributed by atoms with van der Waals surface area (Å²) in [5.74, 6) is -4.33. The highest BCUT2D eigenvalue weighted by molar-refractivity contribution is 9.10. The predicted molar refractivity (Wildman–Crippen MR) is 57.1 cm³/mol. The Morgan fingerprint density at radius 3 is 2.69 bits per heavy atom. The Morgan fingerprint density at radius 2 is 2.12 bits per heavy atom. The Balaban J connectivity index is 2.77. The van der Waals surface area contributed by atoms with Crippen molar-refractivity contribution >= 4 is 21.8 Å². The molecule has 1 amide bonds. The number of nitrogens with one attached hydrogen (secondary N) is 1. The van der Waals surface area contributed by atoms with Crippen molar-refractivity contribution in [2.75, 3.05) is 6.54 Å². The van der Waals surface area contributed by atoms with E-state index < -0.39 is 24.2 Å². The van der Waals surface area contributed by atoms with Crippen LogP contribution in [-0.2, 0) is 0 Å². The minimum atomic E-state index is -2.99. The molecule has 0 aliphatic heterocycles. The molecule has 1 aromatic rings. The maximum atomic E-state index is 12.8. The van der Waals surface area contributed by atoms with Crippen LogP contribution in [0.1, 0.15) is 17.3 Å². The van der Waals surface area contributed by atoms with Crippen molar-refractivity contribution < 1.29 is 18.0 Å². The minimum Gasteiger partial charge on any atom is -0.346 e. The lowest BCUT2D eigenvalue weighted by Gasteiger charge is -2.12. The summed E-state index contributed by atoms with van der Waals surface area (Å²) in [5.41, 5.74) is -0.00995. The highest BCUT2D eigenvalue weighted by Crippen LogP contribution is 2.18. The predicted octanol–water partition coefficient (Wildman–Crippen LogP) is 2.97. The van der Waals surface area contributed by atoms with Gasteiger partial charge in [-0.15, -0.1) is 0 Å². The molecule has 0 aromatic heterocycles. The molecule has 0 heterocycles. The van der Waals surface area contributed by atoms with Gasteiger partial charge < -0.3 is 5.32 Å². The maximum absolute atomic E-state index is 12.8. The zero-order valence-electron chi connectivity index (χ0n) is 8.36. The van der Waals surface area contributed by atoms with E-state index in [2.05, 4.69) is 15.9 Å². The van der Waals surface area contributed by atoms with Crippen LogP contribution in [0, 0.1) is 5.82 Å². The van der Waals surface area contributed by atoms with E-state index in [1.165, 1.54) is 6.07 Å². The fourth-order valence-electron chi connectivity index (χ4n) is 1.00. The van der Waals surface area contributed by atoms with Crippen LogP contribution in [0.2, 0.25) is 0 Å². The average Bonchev–Trinajstić information content (AvgIpc) is 2.17. The summed E-state index contributed by atoms with van der Waals surface area (Å²) in [4.78, 5) is 11.4. The summed E-state index contributed by atoms with van der Waals surface area (Å²) < 4.78 is 38.1. The molecule has 0 radical (unpaired) electrons. The molecule has 0 spiro atoms. The molecule has 0 atom stereocenters. The quantitative estimate of drug-likeness (QED) is 0.913. The van der Waals surface area contributed by atoms with E-state index in [1.807, 2.05) is 5.32 Å². The Morgan fingerprint density at radius 1 is 1.50 bits per heavy atom. The number of amides is 1. The van der Waals surface area contributed by atoms with Gasteiger partial charge in [0, 0.05) is 11.4 Å². The summed E-state index contributed by atoms with van der Waals surface area (Å²) in [6.07, 6.45) is 0. The first-order valence-electron chi connectivity index (χ1n) is 4.41. The van der Waals surface area contributed by atoms with Crippen molar-refractivity contribution in [1.82, 2.24) is 5.32 Å². The number of hydrogen-bond acceptors (Lipinski definition) is 1. The number of carbonyl (C=O) groups excluding carboxylic acids is 1. The largest absolute Gasteiger partial charge is 0.346 e. The first kappa shape index (κ1) is 13.0. The molecule has 88 valence electrons. The molecule has 2 nitrogen and oxygen atoms in total. The van der Waals surface area contributed by atoms with Crippen LogP contribution < -0.4 is 5.32 Å². The summed E-state index contributed by atoms with van der Waals surface area (Å²) >= 11 is 3.04. The van der Waals surface area contributed by atoms with Gasteiger partial charge in [-0.2, -0.15) is 0 Å². The van der Waals surface area contributed by atoms with Crippen LogP contribution in [0.4, 0.5) is 13.2 Å². The number of carbonyl (C=O) groups is 1. The van der Waals surface area contributed by atoms with E-state index in [-0.39, 0.29) is 5.56 Å². The van der Waals surface area contributed by atoms with Gasteiger partial charge in [0.2, 0.25) is 0 Å². The Hall–Kier alpha value is -1.04. The molecule has 0 fully saturated rings. The third-order valence-electron chi connectivity index (χ3n) is 1.73. The third kappa shape index (κ3) is 3.84. The second-order valence-corrected chi connectivity index (χ2v) is 4.23. The monoisotopic (exact) mass is 295 g/mol. The second-order valence-electron chi connectivity index (χ2n) is 3.38. The molecule has 1 rings (SSSR count). The molecular weight excluding hydrogens is 287 g/mol. The number of rotatable bonds is 3. The van der Waals surface area contributed by atoms with E-state index in [0.29, 0.717) is 11.4 Å². The zero-order chi connectivity index (χ0) is 12.3. The molecular formula is C10H9BrF3NO. The van der Waals surface area contributed by atoms with Gasteiger partial charge in [-0.3, -0.25) is 4.79 Å². The standard InChI is InChI=1S/C10H9BrF3NO/c1-10(13,14)5-15-9(16)7-4-6(12)2-3-8(7)11/h2-4H,5H2,1H3,(H,15,16). The van der Waals surface area contributed by atoms with Crippen LogP contribution in [0.25, 0.3) is 0 Å². The van der Waals surface area contributed by atoms with Gasteiger partial charge in [-0.25, -0.2) is 13.2 Å². The smallest absolute Gasteiger partial charge is 0.262 e. The lowest BCUT2D eigenvalue weighted by atomic mass is 10.2. The van der Waals surface area contributed by atoms with Gasteiger partial charge in [0.1, 0.15) is 5.82 Å². The molecule has 1 aromatic carbocycles. The normalized spacial score (nSPS) is 11.3. The molecule has 1 N–H and O–H groups in total. The van der Waals surface area contributed by atoms with E-state index >= 15 is 0 Å². The molecule has 0 aliphatic carbocycles. The summed E-state index contributed by atoms with van der Waals surface area (Å²) in [5, 5.41) is 2.02. The van der Waals surface area contributed by atoms with Gasteiger partial charge in [-0.05, 0) is 34.1 Å². The highest BCUT2D eigenvalue weighted by Gasteiger charge is 2.22. The summed E-state index contributed by atoms with van der Waals surface area (Å²) in [6, 6.07) is 3.48. The lowest BCUT2D eigenvalue weighted by molar-refractivity contribution is 0.0221. The zero-order valence-corrected chi connectivity index (χ0v) is 9.95.